The van der Waals surface area contributed by atoms with E-state index < -0.39 is 9.84 Å². The summed E-state index contributed by atoms with van der Waals surface area (Å²) < 4.78 is 28.2. The molecule has 0 atom stereocenters. The van der Waals surface area contributed by atoms with Crippen LogP contribution in [0, 0.1) is 0 Å². The van der Waals surface area contributed by atoms with Crippen LogP contribution < -0.4 is 5.73 Å². The lowest BCUT2D eigenvalue weighted by molar-refractivity contribution is 0.597. The highest BCUT2D eigenvalue weighted by Crippen LogP contribution is 2.35. The average Bonchev–Trinajstić information content (AvgIpc) is 3.08. The number of benzene rings is 2. The number of nitrogen functional groups attached to an aromatic ring is 1. The molecule has 0 radical (unpaired) electrons. The smallest absolute Gasteiger partial charge is 0.212 e. The molecule has 0 unspecified atom stereocenters. The minimum absolute atomic E-state index is 0.0608. The van der Waals surface area contributed by atoms with Crippen LogP contribution in [0.2, 0.25) is 0 Å². The fourth-order valence-electron chi connectivity index (χ4n) is 3.30. The van der Waals surface area contributed by atoms with Gasteiger partial charge in [0, 0.05) is 18.0 Å². The third-order valence-electron chi connectivity index (χ3n) is 4.76. The van der Waals surface area contributed by atoms with Gasteiger partial charge in [-0.15, -0.1) is 0 Å². The molecule has 0 fully saturated rings. The second kappa shape index (κ2) is 7.29. The largest absolute Gasteiger partial charge is 0.382 e. The number of para-hydroxylation sites is 2. The number of hydrogen-bond donors (Lipinski definition) is 1. The predicted octanol–water partition coefficient (Wildman–Crippen LogP) is 3.28. The van der Waals surface area contributed by atoms with Crippen molar-refractivity contribution in [2.75, 3.05) is 5.73 Å². The number of sulfone groups is 1. The number of pyridine rings is 1. The Morgan fingerprint density at radius 1 is 0.903 bits per heavy atom. The first-order chi connectivity index (χ1) is 15.1. The van der Waals surface area contributed by atoms with Gasteiger partial charge in [-0.3, -0.25) is 4.98 Å². The molecule has 152 valence electrons. The molecule has 0 aliphatic carbocycles. The van der Waals surface area contributed by atoms with E-state index in [1.807, 2.05) is 18.2 Å². The molecule has 3 aromatic heterocycles. The molecule has 0 aliphatic rings. The van der Waals surface area contributed by atoms with Crippen LogP contribution in [0.3, 0.4) is 0 Å². The Bertz CT molecular complexity index is 1550. The van der Waals surface area contributed by atoms with Crippen molar-refractivity contribution in [2.24, 2.45) is 5.10 Å². The molecule has 0 bridgehead atoms. The summed E-state index contributed by atoms with van der Waals surface area (Å²) in [6.45, 7) is 0. The van der Waals surface area contributed by atoms with Crippen molar-refractivity contribution < 1.29 is 8.42 Å². The van der Waals surface area contributed by atoms with Crippen LogP contribution in [-0.4, -0.2) is 34.3 Å². The van der Waals surface area contributed by atoms with Crippen LogP contribution in [0.15, 0.2) is 94.0 Å². The maximum Gasteiger partial charge on any atom is 0.212 e. The van der Waals surface area contributed by atoms with Crippen LogP contribution in [0.1, 0.15) is 5.56 Å². The molecule has 9 heteroatoms. The number of aromatic nitrogens is 4. The Morgan fingerprint density at radius 2 is 1.61 bits per heavy atom. The summed E-state index contributed by atoms with van der Waals surface area (Å²) in [6, 6.07) is 18.9. The molecule has 3 heterocycles. The second-order valence-corrected chi connectivity index (χ2v) is 8.64. The summed E-state index contributed by atoms with van der Waals surface area (Å²) in [4.78, 5) is 13.2. The highest BCUT2D eigenvalue weighted by molar-refractivity contribution is 7.92. The highest BCUT2D eigenvalue weighted by Gasteiger charge is 2.30. The van der Waals surface area contributed by atoms with E-state index in [1.54, 1.807) is 55.0 Å². The van der Waals surface area contributed by atoms with Crippen molar-refractivity contribution in [3.8, 4) is 0 Å². The number of fused-ring (bicyclic) bond motifs is 2. The van der Waals surface area contributed by atoms with Crippen LogP contribution in [0.4, 0.5) is 5.82 Å². The molecule has 2 N–H and O–H groups in total. The van der Waals surface area contributed by atoms with Crippen molar-refractivity contribution in [3.05, 3.63) is 84.7 Å². The van der Waals surface area contributed by atoms with Gasteiger partial charge in [-0.1, -0.05) is 36.4 Å². The minimum Gasteiger partial charge on any atom is -0.382 e. The van der Waals surface area contributed by atoms with Crippen molar-refractivity contribution in [3.63, 3.8) is 0 Å². The van der Waals surface area contributed by atoms with Gasteiger partial charge >= 0.3 is 0 Å². The van der Waals surface area contributed by atoms with Gasteiger partial charge < -0.3 is 5.73 Å². The van der Waals surface area contributed by atoms with E-state index in [2.05, 4.69) is 20.1 Å². The molecule has 0 saturated carbocycles. The molecule has 8 nitrogen and oxygen atoms in total. The van der Waals surface area contributed by atoms with Crippen LogP contribution in [0.25, 0.3) is 22.2 Å². The molecular formula is C22H16N6O2S. The molecule has 31 heavy (non-hydrogen) atoms. The number of nitrogens with zero attached hydrogens (tertiary/aromatic N) is 5. The maximum atomic E-state index is 13.5. The van der Waals surface area contributed by atoms with Crippen molar-refractivity contribution in [1.29, 1.82) is 0 Å². The zero-order valence-electron chi connectivity index (χ0n) is 16.1. The summed E-state index contributed by atoms with van der Waals surface area (Å²) in [5, 5.41) is 4.40. The monoisotopic (exact) mass is 428 g/mol. The summed E-state index contributed by atoms with van der Waals surface area (Å²) in [5.41, 5.74) is 8.66. The lowest BCUT2D eigenvalue weighted by Gasteiger charge is -2.04. The first kappa shape index (κ1) is 18.9. The summed E-state index contributed by atoms with van der Waals surface area (Å²) >= 11 is 0. The second-order valence-electron chi connectivity index (χ2n) is 6.76. The number of hydrogen-bond acceptors (Lipinski definition) is 7. The van der Waals surface area contributed by atoms with Gasteiger partial charge in [-0.2, -0.15) is 9.78 Å². The molecular weight excluding hydrogens is 412 g/mol. The zero-order chi connectivity index (χ0) is 21.4. The fourth-order valence-corrected chi connectivity index (χ4v) is 4.80. The summed E-state index contributed by atoms with van der Waals surface area (Å²) in [6.07, 6.45) is 4.82. The predicted molar refractivity (Wildman–Crippen MR) is 119 cm³/mol. The topological polar surface area (TPSA) is 116 Å². The van der Waals surface area contributed by atoms with E-state index in [4.69, 9.17) is 5.73 Å². The fraction of sp³-hybridized carbons (Fsp3) is 0. The number of anilines is 1. The Balaban J connectivity index is 1.82. The molecule has 0 aliphatic heterocycles. The van der Waals surface area contributed by atoms with E-state index in [-0.39, 0.29) is 26.8 Å². The van der Waals surface area contributed by atoms with E-state index in [0.29, 0.717) is 11.0 Å². The number of rotatable bonds is 4. The average molecular weight is 428 g/mol. The summed E-state index contributed by atoms with van der Waals surface area (Å²) in [7, 11) is -3.96. The quantitative estimate of drug-likeness (QED) is 0.439. The molecule has 5 rings (SSSR count). The summed E-state index contributed by atoms with van der Waals surface area (Å²) in [5.74, 6) is -0.0608. The van der Waals surface area contributed by atoms with Gasteiger partial charge in [0.25, 0.3) is 0 Å². The lowest BCUT2D eigenvalue weighted by Crippen LogP contribution is -2.06. The highest BCUT2D eigenvalue weighted by atomic mass is 32.2. The van der Waals surface area contributed by atoms with Gasteiger partial charge in [-0.05, 0) is 30.3 Å². The first-order valence-corrected chi connectivity index (χ1v) is 10.9. The van der Waals surface area contributed by atoms with Gasteiger partial charge in [0.1, 0.15) is 16.2 Å². The van der Waals surface area contributed by atoms with Crippen molar-refractivity contribution in [2.45, 2.75) is 9.79 Å². The third kappa shape index (κ3) is 3.21. The zero-order valence-corrected chi connectivity index (χ0v) is 16.9. The van der Waals surface area contributed by atoms with E-state index in [1.165, 1.54) is 16.8 Å². The Hall–Kier alpha value is -4.11. The van der Waals surface area contributed by atoms with Crippen LogP contribution >= 0.6 is 0 Å². The lowest BCUT2D eigenvalue weighted by atomic mass is 10.3. The third-order valence-corrected chi connectivity index (χ3v) is 6.59. The Kier molecular flexibility index (Phi) is 4.45. The van der Waals surface area contributed by atoms with Crippen LogP contribution in [-0.2, 0) is 9.84 Å². The molecule has 0 amide bonds. The molecule has 2 aromatic carbocycles. The van der Waals surface area contributed by atoms with E-state index >= 15 is 0 Å². The maximum absolute atomic E-state index is 13.5. The number of nitrogens with two attached hydrogens (primary N) is 1. The molecule has 0 spiro atoms. The Morgan fingerprint density at radius 3 is 2.32 bits per heavy atom. The molecule has 0 saturated heterocycles. The van der Waals surface area contributed by atoms with E-state index in [9.17, 15) is 8.42 Å². The van der Waals surface area contributed by atoms with Crippen molar-refractivity contribution in [1.82, 2.24) is 19.6 Å². The minimum atomic E-state index is -3.96. The normalized spacial score (nSPS) is 12.1. The van der Waals surface area contributed by atoms with Gasteiger partial charge in [-0.25, -0.2) is 18.4 Å². The standard InChI is InChI=1S/C22H16N6O2S/c23-21-20(31(29,30)16-8-2-1-3-9-16)19-22(27-18-11-5-4-10-17(18)26-19)28(21)25-14-15-7-6-12-24-13-15/h1-14H,23H2. The Labute approximate surface area is 177 Å². The first-order valence-electron chi connectivity index (χ1n) is 9.37. The van der Waals surface area contributed by atoms with Gasteiger partial charge in [0.15, 0.2) is 5.65 Å². The van der Waals surface area contributed by atoms with E-state index in [0.717, 1.165) is 5.56 Å². The molecule has 5 aromatic rings. The van der Waals surface area contributed by atoms with Crippen LogP contribution in [0.5, 0.6) is 0 Å². The van der Waals surface area contributed by atoms with Gasteiger partial charge in [0.05, 0.1) is 22.1 Å². The van der Waals surface area contributed by atoms with Crippen molar-refractivity contribution >= 4 is 44.1 Å². The SMILES string of the molecule is Nc1c(S(=O)(=O)c2ccccc2)c2nc3ccccc3nc2n1N=Cc1cccnc1. The van der Waals surface area contributed by atoms with Gasteiger partial charge in [0.2, 0.25) is 9.84 Å².